The highest BCUT2D eigenvalue weighted by atomic mass is 19.1. The summed E-state index contributed by atoms with van der Waals surface area (Å²) >= 11 is 0. The van der Waals surface area contributed by atoms with Crippen LogP contribution in [0, 0.1) is 5.82 Å². The molecule has 21 heavy (non-hydrogen) atoms. The van der Waals surface area contributed by atoms with Crippen LogP contribution in [0.5, 0.6) is 5.75 Å². The number of rotatable bonds is 2. The molecule has 1 unspecified atom stereocenters. The summed E-state index contributed by atoms with van der Waals surface area (Å²) in [7, 11) is 0. The third-order valence-electron chi connectivity index (χ3n) is 4.02. The van der Waals surface area contributed by atoms with Crippen LogP contribution in [0.4, 0.5) is 4.39 Å². The van der Waals surface area contributed by atoms with Crippen LogP contribution in [0.1, 0.15) is 55.1 Å². The predicted molar refractivity (Wildman–Crippen MR) is 79.9 cm³/mol. The lowest BCUT2D eigenvalue weighted by atomic mass is 9.93. The first kappa shape index (κ1) is 14.1. The van der Waals surface area contributed by atoms with Crippen LogP contribution >= 0.6 is 0 Å². The number of ether oxygens (including phenoxy) is 1. The molecule has 0 radical (unpaired) electrons. The van der Waals surface area contributed by atoms with Crippen molar-refractivity contribution in [2.75, 3.05) is 0 Å². The Morgan fingerprint density at radius 1 is 1.14 bits per heavy atom. The highest BCUT2D eigenvalue weighted by Crippen LogP contribution is 2.41. The minimum absolute atomic E-state index is 0.240. The lowest BCUT2D eigenvalue weighted by Gasteiger charge is -2.30. The van der Waals surface area contributed by atoms with E-state index in [-0.39, 0.29) is 11.9 Å². The first-order valence-corrected chi connectivity index (χ1v) is 7.28. The maximum atomic E-state index is 13.3. The molecule has 2 aromatic rings. The van der Waals surface area contributed by atoms with E-state index in [0.717, 1.165) is 5.56 Å². The van der Waals surface area contributed by atoms with Crippen molar-refractivity contribution in [3.8, 4) is 5.75 Å². The van der Waals surface area contributed by atoms with Crippen molar-refractivity contribution in [1.82, 2.24) is 0 Å². The lowest BCUT2D eigenvalue weighted by molar-refractivity contribution is 0.0653. The van der Waals surface area contributed by atoms with E-state index in [0.29, 0.717) is 23.7 Å². The third kappa shape index (κ3) is 2.79. The Morgan fingerprint density at radius 2 is 1.86 bits per heavy atom. The number of halogens is 1. The SMILES string of the molecule is CC(C)c1ccc(C2C[C@H](O)c3ccc(F)cc3O2)cc1. The monoisotopic (exact) mass is 286 g/mol. The average Bonchev–Trinajstić information content (AvgIpc) is 2.46. The van der Waals surface area contributed by atoms with Gasteiger partial charge < -0.3 is 9.84 Å². The average molecular weight is 286 g/mol. The van der Waals surface area contributed by atoms with Crippen molar-refractivity contribution >= 4 is 0 Å². The van der Waals surface area contributed by atoms with Crippen molar-refractivity contribution in [1.29, 1.82) is 0 Å². The fourth-order valence-electron chi connectivity index (χ4n) is 2.72. The fourth-order valence-corrected chi connectivity index (χ4v) is 2.72. The second kappa shape index (κ2) is 5.49. The molecule has 0 amide bonds. The summed E-state index contributed by atoms with van der Waals surface area (Å²) in [4.78, 5) is 0. The van der Waals surface area contributed by atoms with Crippen molar-refractivity contribution < 1.29 is 14.2 Å². The molecule has 1 N–H and O–H groups in total. The molecule has 2 aromatic carbocycles. The van der Waals surface area contributed by atoms with Crippen LogP contribution in [0.25, 0.3) is 0 Å². The Kier molecular flexibility index (Phi) is 3.68. The van der Waals surface area contributed by atoms with Gasteiger partial charge in [0.1, 0.15) is 17.7 Å². The molecule has 1 aliphatic rings. The molecule has 3 heteroatoms. The van der Waals surface area contributed by atoms with E-state index in [1.54, 1.807) is 6.07 Å². The lowest BCUT2D eigenvalue weighted by Crippen LogP contribution is -2.19. The Balaban J connectivity index is 1.88. The van der Waals surface area contributed by atoms with Crippen LogP contribution in [0.3, 0.4) is 0 Å². The number of benzene rings is 2. The topological polar surface area (TPSA) is 29.5 Å². The number of aliphatic hydroxyl groups is 1. The van der Waals surface area contributed by atoms with Crippen LogP contribution in [-0.4, -0.2) is 5.11 Å². The van der Waals surface area contributed by atoms with Gasteiger partial charge in [-0.25, -0.2) is 4.39 Å². The summed E-state index contributed by atoms with van der Waals surface area (Å²) in [6.45, 7) is 4.30. The summed E-state index contributed by atoms with van der Waals surface area (Å²) in [5, 5.41) is 10.2. The van der Waals surface area contributed by atoms with Gasteiger partial charge in [-0.2, -0.15) is 0 Å². The Bertz CT molecular complexity index is 634. The highest BCUT2D eigenvalue weighted by Gasteiger charge is 2.28. The van der Waals surface area contributed by atoms with Crippen LogP contribution in [0.2, 0.25) is 0 Å². The molecular weight excluding hydrogens is 267 g/mol. The standard InChI is InChI=1S/C18H19FO2/c1-11(2)12-3-5-13(6-4-12)17-10-16(20)15-8-7-14(19)9-18(15)21-17/h3-9,11,16-17,20H,10H2,1-2H3/t16-,17?/m0/s1. The van der Waals surface area contributed by atoms with Crippen LogP contribution < -0.4 is 4.74 Å². The molecule has 2 nitrogen and oxygen atoms in total. The Morgan fingerprint density at radius 3 is 2.52 bits per heavy atom. The van der Waals surface area contributed by atoms with Gasteiger partial charge >= 0.3 is 0 Å². The van der Waals surface area contributed by atoms with E-state index in [9.17, 15) is 9.50 Å². The van der Waals surface area contributed by atoms with Gasteiger partial charge in [0, 0.05) is 18.1 Å². The zero-order valence-electron chi connectivity index (χ0n) is 12.2. The van der Waals surface area contributed by atoms with Gasteiger partial charge in [-0.05, 0) is 29.2 Å². The summed E-state index contributed by atoms with van der Waals surface area (Å²) in [5.41, 5.74) is 2.93. The molecule has 1 heterocycles. The minimum Gasteiger partial charge on any atom is -0.485 e. The van der Waals surface area contributed by atoms with Crippen LogP contribution in [-0.2, 0) is 0 Å². The normalized spacial score (nSPS) is 21.0. The van der Waals surface area contributed by atoms with Crippen molar-refractivity contribution in [2.45, 2.75) is 38.4 Å². The van der Waals surface area contributed by atoms with Gasteiger partial charge in [0.25, 0.3) is 0 Å². The number of hydrogen-bond donors (Lipinski definition) is 1. The number of fused-ring (bicyclic) bond motifs is 1. The maximum absolute atomic E-state index is 13.3. The molecule has 2 atom stereocenters. The van der Waals surface area contributed by atoms with Gasteiger partial charge in [-0.1, -0.05) is 38.1 Å². The van der Waals surface area contributed by atoms with Crippen LogP contribution in [0.15, 0.2) is 42.5 Å². The largest absolute Gasteiger partial charge is 0.485 e. The van der Waals surface area contributed by atoms with Crippen molar-refractivity contribution in [3.63, 3.8) is 0 Å². The number of aliphatic hydroxyl groups excluding tert-OH is 1. The smallest absolute Gasteiger partial charge is 0.128 e. The molecular formula is C18H19FO2. The van der Waals surface area contributed by atoms with Crippen molar-refractivity contribution in [2.24, 2.45) is 0 Å². The third-order valence-corrected chi connectivity index (χ3v) is 4.02. The predicted octanol–water partition coefficient (Wildman–Crippen LogP) is 4.51. The van der Waals surface area contributed by atoms with Gasteiger partial charge in [0.15, 0.2) is 0 Å². The van der Waals surface area contributed by atoms with Gasteiger partial charge in [-0.15, -0.1) is 0 Å². The summed E-state index contributed by atoms with van der Waals surface area (Å²) in [6.07, 6.45) is -0.376. The van der Waals surface area contributed by atoms with Gasteiger partial charge in [-0.3, -0.25) is 0 Å². The van der Waals surface area contributed by atoms with E-state index >= 15 is 0 Å². The van der Waals surface area contributed by atoms with E-state index in [2.05, 4.69) is 26.0 Å². The zero-order valence-corrected chi connectivity index (χ0v) is 12.2. The molecule has 0 saturated heterocycles. The first-order chi connectivity index (χ1) is 10.0. The second-order valence-electron chi connectivity index (χ2n) is 5.86. The molecule has 0 bridgehead atoms. The first-order valence-electron chi connectivity index (χ1n) is 7.28. The Labute approximate surface area is 124 Å². The summed E-state index contributed by atoms with van der Waals surface area (Å²) < 4.78 is 19.2. The molecule has 110 valence electrons. The summed E-state index contributed by atoms with van der Waals surface area (Å²) in [6, 6.07) is 12.5. The molecule has 3 rings (SSSR count). The number of hydrogen-bond acceptors (Lipinski definition) is 2. The molecule has 0 spiro atoms. The van der Waals surface area contributed by atoms with Gasteiger partial charge in [0.05, 0.1) is 6.10 Å². The molecule has 0 aromatic heterocycles. The molecule has 0 fully saturated rings. The zero-order chi connectivity index (χ0) is 15.0. The van der Waals surface area contributed by atoms with Crippen molar-refractivity contribution in [3.05, 3.63) is 65.0 Å². The van der Waals surface area contributed by atoms with E-state index < -0.39 is 6.10 Å². The molecule has 0 aliphatic carbocycles. The minimum atomic E-state index is -0.621. The molecule has 0 saturated carbocycles. The highest BCUT2D eigenvalue weighted by molar-refractivity contribution is 5.39. The molecule has 1 aliphatic heterocycles. The Hall–Kier alpha value is -1.87. The van der Waals surface area contributed by atoms with E-state index in [4.69, 9.17) is 4.74 Å². The van der Waals surface area contributed by atoms with Gasteiger partial charge in [0.2, 0.25) is 0 Å². The quantitative estimate of drug-likeness (QED) is 0.880. The summed E-state index contributed by atoms with van der Waals surface area (Å²) in [5.74, 6) is 0.565. The fraction of sp³-hybridized carbons (Fsp3) is 0.333. The maximum Gasteiger partial charge on any atom is 0.128 e. The van der Waals surface area contributed by atoms with E-state index in [1.165, 1.54) is 17.7 Å². The second-order valence-corrected chi connectivity index (χ2v) is 5.86. The van der Waals surface area contributed by atoms with E-state index in [1.807, 2.05) is 12.1 Å².